The second-order valence-electron chi connectivity index (χ2n) is 4.79. The van der Waals surface area contributed by atoms with Gasteiger partial charge in [0, 0.05) is 12.1 Å². The van der Waals surface area contributed by atoms with Crippen LogP contribution in [0.4, 0.5) is 13.2 Å². The van der Waals surface area contributed by atoms with Crippen molar-refractivity contribution in [2.45, 2.75) is 12.6 Å². The van der Waals surface area contributed by atoms with Crippen LogP contribution >= 0.6 is 0 Å². The number of nitrogens with zero attached hydrogens (tertiary/aromatic N) is 1. The highest BCUT2D eigenvalue weighted by Gasteiger charge is 2.42. The molecule has 4 heteroatoms. The van der Waals surface area contributed by atoms with Gasteiger partial charge in [0.1, 0.15) is 0 Å². The van der Waals surface area contributed by atoms with Gasteiger partial charge in [-0.15, -0.1) is 0 Å². The third-order valence-electron chi connectivity index (χ3n) is 3.49. The molecule has 2 aromatic carbocycles. The van der Waals surface area contributed by atoms with E-state index in [0.29, 0.717) is 5.71 Å². The fourth-order valence-electron chi connectivity index (χ4n) is 2.38. The highest BCUT2D eigenvalue weighted by atomic mass is 19.4. The molecular weight excluding hydrogens is 251 g/mol. The molecule has 0 saturated carbocycles. The minimum atomic E-state index is -4.15. The number of fused-ring (bicyclic) bond motifs is 1. The van der Waals surface area contributed by atoms with Gasteiger partial charge in [-0.3, -0.25) is 4.99 Å². The zero-order valence-corrected chi connectivity index (χ0v) is 10.1. The first kappa shape index (κ1) is 12.2. The minimum Gasteiger partial charge on any atom is -0.288 e. The lowest BCUT2D eigenvalue weighted by Gasteiger charge is -2.12. The van der Waals surface area contributed by atoms with Gasteiger partial charge in [-0.2, -0.15) is 13.2 Å². The van der Waals surface area contributed by atoms with E-state index in [4.69, 9.17) is 0 Å². The van der Waals surface area contributed by atoms with Gasteiger partial charge in [-0.05, 0) is 22.4 Å². The van der Waals surface area contributed by atoms with Gasteiger partial charge in [-0.25, -0.2) is 0 Å². The molecule has 1 heterocycles. The zero-order valence-electron chi connectivity index (χ0n) is 10.1. The van der Waals surface area contributed by atoms with E-state index in [1.54, 1.807) is 0 Å². The first-order valence-electron chi connectivity index (χ1n) is 6.13. The number of benzene rings is 2. The number of hydrogen-bond acceptors (Lipinski definition) is 1. The molecule has 3 rings (SSSR count). The minimum absolute atomic E-state index is 0.0121. The molecule has 0 spiro atoms. The van der Waals surface area contributed by atoms with Gasteiger partial charge < -0.3 is 0 Å². The molecular formula is C15H12F3N. The van der Waals surface area contributed by atoms with Gasteiger partial charge >= 0.3 is 6.18 Å². The number of aliphatic imine (C=N–C) groups is 1. The molecule has 1 aliphatic heterocycles. The van der Waals surface area contributed by atoms with Crippen molar-refractivity contribution in [3.8, 4) is 0 Å². The summed E-state index contributed by atoms with van der Waals surface area (Å²) in [5, 5.41) is 2.11. The van der Waals surface area contributed by atoms with Crippen LogP contribution in [0.2, 0.25) is 0 Å². The number of hydrogen-bond donors (Lipinski definition) is 0. The Morgan fingerprint density at radius 1 is 1.00 bits per heavy atom. The van der Waals surface area contributed by atoms with Crippen LogP contribution in [0.3, 0.4) is 0 Å². The van der Waals surface area contributed by atoms with Crippen molar-refractivity contribution in [1.29, 1.82) is 0 Å². The van der Waals surface area contributed by atoms with E-state index in [-0.39, 0.29) is 13.0 Å². The van der Waals surface area contributed by atoms with Gasteiger partial charge in [0.25, 0.3) is 0 Å². The number of alkyl halides is 3. The molecule has 1 unspecified atom stereocenters. The Bertz CT molecular complexity index is 643. The van der Waals surface area contributed by atoms with Crippen LogP contribution in [0.25, 0.3) is 10.8 Å². The predicted molar refractivity (Wildman–Crippen MR) is 69.5 cm³/mol. The normalized spacial score (nSPS) is 19.7. The SMILES string of the molecule is FC(F)(F)C1CN=C(c2ccc3ccccc3c2)C1. The Labute approximate surface area is 108 Å². The van der Waals surface area contributed by atoms with Crippen molar-refractivity contribution in [3.05, 3.63) is 48.0 Å². The van der Waals surface area contributed by atoms with Crippen LogP contribution in [0.1, 0.15) is 12.0 Å². The topological polar surface area (TPSA) is 12.4 Å². The predicted octanol–water partition coefficient (Wildman–Crippen LogP) is 4.21. The quantitative estimate of drug-likeness (QED) is 0.730. The standard InChI is InChI=1S/C15H12F3N/c16-15(17,18)13-8-14(19-9-13)12-6-5-10-3-1-2-4-11(10)7-12/h1-7,13H,8-9H2. The van der Waals surface area contributed by atoms with Gasteiger partial charge in [-0.1, -0.05) is 36.4 Å². The first-order chi connectivity index (χ1) is 9.04. The molecule has 0 N–H and O–H groups in total. The van der Waals surface area contributed by atoms with Crippen molar-refractivity contribution in [1.82, 2.24) is 0 Å². The van der Waals surface area contributed by atoms with Crippen molar-refractivity contribution < 1.29 is 13.2 Å². The maximum Gasteiger partial charge on any atom is 0.393 e. The van der Waals surface area contributed by atoms with E-state index in [1.807, 2.05) is 42.5 Å². The van der Waals surface area contributed by atoms with E-state index < -0.39 is 12.1 Å². The highest BCUT2D eigenvalue weighted by molar-refractivity contribution is 6.04. The molecule has 1 atom stereocenters. The van der Waals surface area contributed by atoms with E-state index >= 15 is 0 Å². The number of halogens is 3. The average Bonchev–Trinajstić information content (AvgIpc) is 2.87. The molecule has 98 valence electrons. The summed E-state index contributed by atoms with van der Waals surface area (Å²) >= 11 is 0. The maximum absolute atomic E-state index is 12.6. The Morgan fingerprint density at radius 2 is 1.74 bits per heavy atom. The van der Waals surface area contributed by atoms with Crippen LogP contribution in [0.15, 0.2) is 47.5 Å². The first-order valence-corrected chi connectivity index (χ1v) is 6.13. The molecule has 0 radical (unpaired) electrons. The molecule has 1 nitrogen and oxygen atoms in total. The maximum atomic E-state index is 12.6. The molecule has 0 aliphatic carbocycles. The Kier molecular flexibility index (Phi) is 2.81. The lowest BCUT2D eigenvalue weighted by molar-refractivity contribution is -0.167. The summed E-state index contributed by atoms with van der Waals surface area (Å²) in [6.07, 6.45) is -4.16. The van der Waals surface area contributed by atoms with Crippen molar-refractivity contribution in [3.63, 3.8) is 0 Å². The Hall–Kier alpha value is -1.84. The molecule has 0 fully saturated rings. The second-order valence-corrected chi connectivity index (χ2v) is 4.79. The molecule has 19 heavy (non-hydrogen) atoms. The van der Waals surface area contributed by atoms with Crippen molar-refractivity contribution in [2.75, 3.05) is 6.54 Å². The summed E-state index contributed by atoms with van der Waals surface area (Å²) in [6, 6.07) is 13.5. The molecule has 0 aromatic heterocycles. The molecule has 1 aliphatic rings. The van der Waals surface area contributed by atoms with E-state index in [1.165, 1.54) is 0 Å². The lowest BCUT2D eigenvalue weighted by Crippen LogP contribution is -2.23. The summed E-state index contributed by atoms with van der Waals surface area (Å²) in [7, 11) is 0. The summed E-state index contributed by atoms with van der Waals surface area (Å²) in [4.78, 5) is 4.06. The molecule has 0 bridgehead atoms. The molecule has 0 saturated heterocycles. The third kappa shape index (κ3) is 2.35. The summed E-state index contributed by atoms with van der Waals surface area (Å²) < 4.78 is 37.9. The van der Waals surface area contributed by atoms with Crippen LogP contribution < -0.4 is 0 Å². The largest absolute Gasteiger partial charge is 0.393 e. The lowest BCUT2D eigenvalue weighted by atomic mass is 9.98. The van der Waals surface area contributed by atoms with Crippen molar-refractivity contribution in [2.24, 2.45) is 10.9 Å². The Balaban J connectivity index is 1.90. The summed E-state index contributed by atoms with van der Waals surface area (Å²) in [6.45, 7) is -0.147. The fraction of sp³-hybridized carbons (Fsp3) is 0.267. The zero-order chi connectivity index (χ0) is 13.5. The van der Waals surface area contributed by atoms with E-state index in [9.17, 15) is 13.2 Å². The van der Waals surface area contributed by atoms with Gasteiger partial charge in [0.05, 0.1) is 12.5 Å². The highest BCUT2D eigenvalue weighted by Crippen LogP contribution is 2.34. The second kappa shape index (κ2) is 4.37. The summed E-state index contributed by atoms with van der Waals surface area (Å²) in [5.74, 6) is -1.33. The third-order valence-corrected chi connectivity index (χ3v) is 3.49. The fourth-order valence-corrected chi connectivity index (χ4v) is 2.38. The van der Waals surface area contributed by atoms with E-state index in [2.05, 4.69) is 4.99 Å². The van der Waals surface area contributed by atoms with Gasteiger partial charge in [0.2, 0.25) is 0 Å². The molecule has 0 amide bonds. The number of rotatable bonds is 1. The van der Waals surface area contributed by atoms with Gasteiger partial charge in [0.15, 0.2) is 0 Å². The van der Waals surface area contributed by atoms with Crippen molar-refractivity contribution >= 4 is 16.5 Å². The molecule has 2 aromatic rings. The van der Waals surface area contributed by atoms with Crippen LogP contribution in [0.5, 0.6) is 0 Å². The van der Waals surface area contributed by atoms with Crippen LogP contribution in [-0.4, -0.2) is 18.4 Å². The smallest absolute Gasteiger partial charge is 0.288 e. The Morgan fingerprint density at radius 3 is 2.42 bits per heavy atom. The average molecular weight is 263 g/mol. The summed E-state index contributed by atoms with van der Waals surface area (Å²) in [5.41, 5.74) is 1.36. The van der Waals surface area contributed by atoms with Crippen LogP contribution in [-0.2, 0) is 0 Å². The van der Waals surface area contributed by atoms with Crippen LogP contribution in [0, 0.1) is 5.92 Å². The monoisotopic (exact) mass is 263 g/mol. The van der Waals surface area contributed by atoms with E-state index in [0.717, 1.165) is 16.3 Å².